The molecule has 0 saturated heterocycles. The van der Waals surface area contributed by atoms with E-state index in [2.05, 4.69) is 9.71 Å². The Morgan fingerprint density at radius 2 is 1.50 bits per heavy atom. The van der Waals surface area contributed by atoms with Gasteiger partial charge in [0.05, 0.1) is 9.79 Å². The summed E-state index contributed by atoms with van der Waals surface area (Å²) < 4.78 is 54.5. The summed E-state index contributed by atoms with van der Waals surface area (Å²) in [6.07, 6.45) is 3.54. The van der Waals surface area contributed by atoms with Gasteiger partial charge in [-0.25, -0.2) is 16.8 Å². The van der Waals surface area contributed by atoms with Crippen LogP contribution in [0.4, 0.5) is 5.69 Å². The lowest BCUT2D eigenvalue weighted by Crippen LogP contribution is -2.30. The standard InChI is InChI=1S/C22H25N3O4S3/c1-3-25(4-2)32(28,29)22-13-11-21(12-14-22)31(26,27)24-19-7-9-20(10-8-19)30-17-18-6-5-15-23-16-18/h5-16,24H,3-4,17H2,1-2H3. The largest absolute Gasteiger partial charge is 0.280 e. The molecule has 0 amide bonds. The van der Waals surface area contributed by atoms with Gasteiger partial charge in [0.15, 0.2) is 0 Å². The van der Waals surface area contributed by atoms with E-state index in [0.717, 1.165) is 16.2 Å². The Bertz CT molecular complexity index is 1230. The predicted octanol–water partition coefficient (Wildman–Crippen LogP) is 4.21. The molecule has 7 nitrogen and oxygen atoms in total. The summed E-state index contributed by atoms with van der Waals surface area (Å²) in [6, 6.07) is 16.2. The fourth-order valence-electron chi connectivity index (χ4n) is 2.99. The van der Waals surface area contributed by atoms with Crippen molar-refractivity contribution >= 4 is 37.5 Å². The van der Waals surface area contributed by atoms with Gasteiger partial charge in [0.1, 0.15) is 0 Å². The number of benzene rings is 2. The zero-order chi connectivity index (χ0) is 23.2. The second-order valence-electron chi connectivity index (χ2n) is 6.84. The molecule has 3 rings (SSSR count). The normalized spacial score (nSPS) is 12.1. The van der Waals surface area contributed by atoms with Crippen LogP contribution in [0.15, 0.2) is 87.7 Å². The van der Waals surface area contributed by atoms with E-state index in [1.807, 2.05) is 30.5 Å². The highest BCUT2D eigenvalue weighted by Crippen LogP contribution is 2.25. The highest BCUT2D eigenvalue weighted by atomic mass is 32.2. The van der Waals surface area contributed by atoms with Crippen molar-refractivity contribution in [2.75, 3.05) is 17.8 Å². The van der Waals surface area contributed by atoms with Crippen molar-refractivity contribution in [1.82, 2.24) is 9.29 Å². The molecule has 0 spiro atoms. The van der Waals surface area contributed by atoms with Crippen molar-refractivity contribution in [2.24, 2.45) is 0 Å². The Hall–Kier alpha value is -2.40. The molecule has 2 aromatic carbocycles. The van der Waals surface area contributed by atoms with Gasteiger partial charge in [-0.2, -0.15) is 4.31 Å². The zero-order valence-electron chi connectivity index (χ0n) is 17.8. The molecule has 0 aliphatic carbocycles. The molecule has 0 aliphatic heterocycles. The van der Waals surface area contributed by atoms with Crippen LogP contribution < -0.4 is 4.72 Å². The minimum Gasteiger partial charge on any atom is -0.280 e. The molecule has 0 aliphatic rings. The van der Waals surface area contributed by atoms with E-state index in [4.69, 9.17) is 0 Å². The van der Waals surface area contributed by atoms with Crippen molar-refractivity contribution in [2.45, 2.75) is 34.3 Å². The van der Waals surface area contributed by atoms with Crippen molar-refractivity contribution in [1.29, 1.82) is 0 Å². The third-order valence-electron chi connectivity index (χ3n) is 4.71. The van der Waals surface area contributed by atoms with Gasteiger partial charge >= 0.3 is 0 Å². The molecule has 0 fully saturated rings. The summed E-state index contributed by atoms with van der Waals surface area (Å²) in [7, 11) is -7.49. The fraction of sp³-hybridized carbons (Fsp3) is 0.227. The number of pyridine rings is 1. The number of hydrogen-bond acceptors (Lipinski definition) is 6. The molecule has 3 aromatic rings. The van der Waals surface area contributed by atoms with E-state index < -0.39 is 20.0 Å². The maximum absolute atomic E-state index is 12.7. The first kappa shape index (κ1) is 24.2. The maximum atomic E-state index is 12.7. The number of aromatic nitrogens is 1. The Morgan fingerprint density at radius 3 is 2.06 bits per heavy atom. The quantitative estimate of drug-likeness (QED) is 0.427. The third-order valence-corrected chi connectivity index (χ3v) is 9.26. The predicted molar refractivity (Wildman–Crippen MR) is 128 cm³/mol. The monoisotopic (exact) mass is 491 g/mol. The van der Waals surface area contributed by atoms with Gasteiger partial charge in [0.2, 0.25) is 10.0 Å². The molecule has 0 saturated carbocycles. The Kier molecular flexibility index (Phi) is 7.94. The van der Waals surface area contributed by atoms with Crippen LogP contribution in [0.2, 0.25) is 0 Å². The van der Waals surface area contributed by atoms with Crippen molar-refractivity contribution in [3.63, 3.8) is 0 Å². The van der Waals surface area contributed by atoms with Crippen LogP contribution in [-0.2, 0) is 25.8 Å². The molecular weight excluding hydrogens is 466 g/mol. The topological polar surface area (TPSA) is 96.4 Å². The van der Waals surface area contributed by atoms with Crippen LogP contribution in [0.1, 0.15) is 19.4 Å². The first-order valence-electron chi connectivity index (χ1n) is 10.0. The van der Waals surface area contributed by atoms with Crippen molar-refractivity contribution in [3.05, 3.63) is 78.6 Å². The number of rotatable bonds is 10. The van der Waals surface area contributed by atoms with E-state index in [0.29, 0.717) is 18.8 Å². The number of nitrogens with zero attached hydrogens (tertiary/aromatic N) is 2. The smallest absolute Gasteiger partial charge is 0.261 e. The lowest BCUT2D eigenvalue weighted by atomic mass is 10.3. The summed E-state index contributed by atoms with van der Waals surface area (Å²) in [5, 5.41) is 0. The first-order valence-corrected chi connectivity index (χ1v) is 13.9. The number of thioether (sulfide) groups is 1. The summed E-state index contributed by atoms with van der Waals surface area (Å²) in [5.74, 6) is 0.766. The van der Waals surface area contributed by atoms with Crippen LogP contribution in [-0.4, -0.2) is 39.2 Å². The molecule has 1 N–H and O–H groups in total. The number of nitrogens with one attached hydrogen (secondary N) is 1. The zero-order valence-corrected chi connectivity index (χ0v) is 20.3. The summed E-state index contributed by atoms with van der Waals surface area (Å²) in [5.41, 5.74) is 1.53. The van der Waals surface area contributed by atoms with Crippen LogP contribution in [0.3, 0.4) is 0 Å². The van der Waals surface area contributed by atoms with Gasteiger partial charge in [-0.15, -0.1) is 11.8 Å². The average molecular weight is 492 g/mol. The average Bonchev–Trinajstić information content (AvgIpc) is 2.80. The molecule has 170 valence electrons. The molecular formula is C22H25N3O4S3. The molecule has 0 unspecified atom stereocenters. The highest BCUT2D eigenvalue weighted by Gasteiger charge is 2.22. The van der Waals surface area contributed by atoms with Gasteiger partial charge in [0.25, 0.3) is 10.0 Å². The third kappa shape index (κ3) is 5.89. The van der Waals surface area contributed by atoms with Gasteiger partial charge < -0.3 is 0 Å². The van der Waals surface area contributed by atoms with Gasteiger partial charge in [0, 0.05) is 41.8 Å². The number of hydrogen-bond donors (Lipinski definition) is 1. The number of anilines is 1. The molecule has 1 aromatic heterocycles. The Balaban J connectivity index is 1.68. The molecule has 10 heteroatoms. The molecule has 32 heavy (non-hydrogen) atoms. The minimum absolute atomic E-state index is 0.00831. The first-order chi connectivity index (χ1) is 15.3. The molecule has 0 radical (unpaired) electrons. The van der Waals surface area contributed by atoms with Crippen LogP contribution >= 0.6 is 11.8 Å². The Morgan fingerprint density at radius 1 is 0.875 bits per heavy atom. The van der Waals surface area contributed by atoms with Crippen LogP contribution in [0.25, 0.3) is 0 Å². The van der Waals surface area contributed by atoms with E-state index in [-0.39, 0.29) is 9.79 Å². The Labute approximate surface area is 194 Å². The SMILES string of the molecule is CCN(CC)S(=O)(=O)c1ccc(S(=O)(=O)Nc2ccc(SCc3cccnc3)cc2)cc1. The maximum Gasteiger partial charge on any atom is 0.261 e. The van der Waals surface area contributed by atoms with Crippen LogP contribution in [0.5, 0.6) is 0 Å². The van der Waals surface area contributed by atoms with Gasteiger partial charge in [-0.05, 0) is 60.2 Å². The lowest BCUT2D eigenvalue weighted by molar-refractivity contribution is 0.445. The molecule has 1 heterocycles. The van der Waals surface area contributed by atoms with Crippen molar-refractivity contribution < 1.29 is 16.8 Å². The van der Waals surface area contributed by atoms with Crippen molar-refractivity contribution in [3.8, 4) is 0 Å². The second kappa shape index (κ2) is 10.5. The van der Waals surface area contributed by atoms with Gasteiger partial charge in [-0.3, -0.25) is 9.71 Å². The van der Waals surface area contributed by atoms with E-state index in [1.165, 1.54) is 28.6 Å². The van der Waals surface area contributed by atoms with E-state index in [9.17, 15) is 16.8 Å². The fourth-order valence-corrected chi connectivity index (χ4v) is 6.34. The molecule has 0 atom stereocenters. The second-order valence-corrected chi connectivity index (χ2v) is 11.5. The summed E-state index contributed by atoms with van der Waals surface area (Å²) in [6.45, 7) is 4.20. The summed E-state index contributed by atoms with van der Waals surface area (Å²) in [4.78, 5) is 5.15. The summed E-state index contributed by atoms with van der Waals surface area (Å²) >= 11 is 1.63. The number of sulfonamides is 2. The van der Waals surface area contributed by atoms with Gasteiger partial charge in [-0.1, -0.05) is 19.9 Å². The van der Waals surface area contributed by atoms with Crippen LogP contribution in [0, 0.1) is 0 Å². The van der Waals surface area contributed by atoms with E-state index >= 15 is 0 Å². The molecule has 0 bridgehead atoms. The minimum atomic E-state index is -3.85. The van der Waals surface area contributed by atoms with E-state index in [1.54, 1.807) is 43.9 Å². The lowest BCUT2D eigenvalue weighted by Gasteiger charge is -2.18. The highest BCUT2D eigenvalue weighted by molar-refractivity contribution is 7.98.